The molecule has 1 atom stereocenters. The molecule has 1 aromatic rings. The molecule has 2 N–H and O–H groups in total. The lowest BCUT2D eigenvalue weighted by Crippen LogP contribution is -2.43. The molecule has 0 amide bonds. The van der Waals surface area contributed by atoms with Gasteiger partial charge in [-0.3, -0.25) is 9.48 Å². The average Bonchev–Trinajstić information content (AvgIpc) is 3.13. The first-order valence-electron chi connectivity index (χ1n) is 15.2. The number of aliphatic carboxylic acids is 1. The first kappa shape index (κ1) is 32.5. The van der Waals surface area contributed by atoms with E-state index in [1.54, 1.807) is 0 Å². The largest absolute Gasteiger partial charge is 0.481 e. The molecule has 0 aromatic carbocycles. The van der Waals surface area contributed by atoms with Gasteiger partial charge in [0.1, 0.15) is 0 Å². The molecule has 0 spiro atoms. The standard InChI is InChI=1S/C31H56N2O4Si/c1-8-9-14-19-27(37-38(6,7)31(3,4)5)22-23-29-28(20-15-10-11-16-21-30(35)36)26(2)33(32-29)24-17-12-13-18-25-34/h10,15,22-23,27,34H,8-9,11-14,16-21,24-25H2,1-7H3,(H,35,36)/b15-10-,23-22+/i27T. The monoisotopic (exact) mass is 550 g/mol. The van der Waals surface area contributed by atoms with E-state index in [9.17, 15) is 6.17 Å². The van der Waals surface area contributed by atoms with Gasteiger partial charge >= 0.3 is 5.97 Å². The third-order valence-corrected chi connectivity index (χ3v) is 11.9. The number of aliphatic hydroxyl groups excluding tert-OH is 1. The number of aromatic nitrogens is 2. The lowest BCUT2D eigenvalue weighted by molar-refractivity contribution is -0.137. The molecule has 0 saturated heterocycles. The Balaban J connectivity index is 3.23. The highest BCUT2D eigenvalue weighted by Gasteiger charge is 2.38. The van der Waals surface area contributed by atoms with Gasteiger partial charge in [0.25, 0.3) is 0 Å². The Bertz CT molecular complexity index is 920. The predicted molar refractivity (Wildman–Crippen MR) is 162 cm³/mol. The van der Waals surface area contributed by atoms with Crippen molar-refractivity contribution >= 4 is 20.4 Å². The summed E-state index contributed by atoms with van der Waals surface area (Å²) in [6.07, 6.45) is 17.0. The van der Waals surface area contributed by atoms with Crippen molar-refractivity contribution in [3.8, 4) is 0 Å². The number of hydrogen-bond donors (Lipinski definition) is 2. The second-order valence-electron chi connectivity index (χ2n) is 11.9. The number of aliphatic hydroxyl groups is 1. The maximum absolute atomic E-state index is 10.8. The molecule has 1 heterocycles. The van der Waals surface area contributed by atoms with Gasteiger partial charge < -0.3 is 14.6 Å². The Morgan fingerprint density at radius 3 is 2.47 bits per heavy atom. The number of rotatable bonds is 20. The molecule has 0 aliphatic rings. The van der Waals surface area contributed by atoms with E-state index in [0.717, 1.165) is 74.9 Å². The fourth-order valence-electron chi connectivity index (χ4n) is 4.00. The molecule has 1 aromatic heterocycles. The van der Waals surface area contributed by atoms with E-state index in [1.807, 2.05) is 12.2 Å². The van der Waals surface area contributed by atoms with Gasteiger partial charge in [0.2, 0.25) is 0 Å². The molecule has 1 rings (SSSR count). The Kier molecular flexibility index (Phi) is 15.2. The smallest absolute Gasteiger partial charge is 0.303 e. The van der Waals surface area contributed by atoms with Crippen LogP contribution in [0.25, 0.3) is 6.08 Å². The van der Waals surface area contributed by atoms with Crippen molar-refractivity contribution in [3.05, 3.63) is 35.2 Å². The van der Waals surface area contributed by atoms with Crippen LogP contribution in [0, 0.1) is 6.92 Å². The molecule has 1 unspecified atom stereocenters. The summed E-state index contributed by atoms with van der Waals surface area (Å²) in [7, 11) is -2.16. The Morgan fingerprint density at radius 1 is 1.13 bits per heavy atom. The van der Waals surface area contributed by atoms with Crippen molar-refractivity contribution in [2.24, 2.45) is 0 Å². The van der Waals surface area contributed by atoms with Crippen LogP contribution >= 0.6 is 0 Å². The van der Waals surface area contributed by atoms with Crippen LogP contribution in [-0.4, -0.2) is 47.0 Å². The zero-order chi connectivity index (χ0) is 29.5. The molecule has 218 valence electrons. The number of carboxylic acids is 1. The van der Waals surface area contributed by atoms with E-state index in [1.165, 1.54) is 0 Å². The fourth-order valence-corrected chi connectivity index (χ4v) is 5.13. The molecule has 7 heteroatoms. The van der Waals surface area contributed by atoms with Gasteiger partial charge in [0, 0.05) is 30.8 Å². The van der Waals surface area contributed by atoms with Crippen LogP contribution in [0.2, 0.25) is 18.1 Å². The molecule has 0 fully saturated rings. The summed E-state index contributed by atoms with van der Waals surface area (Å²) in [5, 5.41) is 22.9. The van der Waals surface area contributed by atoms with E-state index in [0.29, 0.717) is 19.3 Å². The quantitative estimate of drug-likeness (QED) is 0.0973. The second-order valence-corrected chi connectivity index (χ2v) is 16.6. The average molecular weight is 551 g/mol. The topological polar surface area (TPSA) is 84.6 Å². The van der Waals surface area contributed by atoms with Crippen LogP contribution in [0.3, 0.4) is 0 Å². The number of nitrogens with zero attached hydrogens (tertiary/aromatic N) is 2. The third kappa shape index (κ3) is 12.9. The summed E-state index contributed by atoms with van der Waals surface area (Å²) in [4.78, 5) is 10.8. The molecular weight excluding hydrogens is 492 g/mol. The van der Waals surface area contributed by atoms with Crippen molar-refractivity contribution in [1.82, 2.24) is 9.78 Å². The third-order valence-electron chi connectivity index (χ3n) is 7.54. The summed E-state index contributed by atoms with van der Waals surface area (Å²) in [6, 6.07) is 0. The number of hydrogen-bond acceptors (Lipinski definition) is 4. The van der Waals surface area contributed by atoms with Gasteiger partial charge in [0.05, 0.1) is 13.1 Å². The zero-order valence-electron chi connectivity index (χ0n) is 26.3. The molecule has 0 saturated carbocycles. The van der Waals surface area contributed by atoms with Gasteiger partial charge in [-0.15, -0.1) is 0 Å². The molecule has 0 bridgehead atoms. The highest BCUT2D eigenvalue weighted by Crippen LogP contribution is 2.38. The molecule has 38 heavy (non-hydrogen) atoms. The fraction of sp³-hybridized carbons (Fsp3) is 0.742. The summed E-state index contributed by atoms with van der Waals surface area (Å²) < 4.78 is 18.1. The predicted octanol–water partition coefficient (Wildman–Crippen LogP) is 8.08. The first-order valence-corrected chi connectivity index (χ1v) is 17.6. The van der Waals surface area contributed by atoms with Crippen molar-refractivity contribution in [1.29, 1.82) is 0 Å². The zero-order valence-corrected chi connectivity index (χ0v) is 26.3. The summed E-state index contributed by atoms with van der Waals surface area (Å²) >= 11 is 0. The normalized spacial score (nSPS) is 14.9. The SMILES string of the molecule is [3H]C(/C=C/c1nn(CCCCCCO)c(C)c1C/C=C\CCCC(=O)O)(CCCCC)O[Si](C)(C)C(C)(C)C. The van der Waals surface area contributed by atoms with Gasteiger partial charge in [-0.1, -0.05) is 78.0 Å². The number of carboxylic acid groups (broad SMARTS) is 1. The van der Waals surface area contributed by atoms with Gasteiger partial charge in [-0.2, -0.15) is 5.10 Å². The minimum atomic E-state index is -2.16. The van der Waals surface area contributed by atoms with Crippen LogP contribution < -0.4 is 0 Å². The van der Waals surface area contributed by atoms with E-state index < -0.39 is 20.4 Å². The first-order chi connectivity index (χ1) is 18.3. The van der Waals surface area contributed by atoms with Crippen molar-refractivity contribution in [2.75, 3.05) is 6.61 Å². The van der Waals surface area contributed by atoms with E-state index in [4.69, 9.17) is 19.7 Å². The lowest BCUT2D eigenvalue weighted by atomic mass is 10.1. The van der Waals surface area contributed by atoms with E-state index >= 15 is 0 Å². The minimum absolute atomic E-state index is 0.0166. The van der Waals surface area contributed by atoms with Crippen LogP contribution in [0.4, 0.5) is 0 Å². The second kappa shape index (κ2) is 17.8. The lowest BCUT2D eigenvalue weighted by Gasteiger charge is -2.38. The number of carbonyl (C=O) groups is 1. The summed E-state index contributed by atoms with van der Waals surface area (Å²) in [6.45, 7) is 16.4. The van der Waals surface area contributed by atoms with Crippen LogP contribution in [0.5, 0.6) is 0 Å². The summed E-state index contributed by atoms with van der Waals surface area (Å²) in [5.74, 6) is -0.760. The van der Waals surface area contributed by atoms with Crippen LogP contribution in [0.1, 0.15) is 117 Å². The van der Waals surface area contributed by atoms with Crippen molar-refractivity contribution < 1.29 is 20.8 Å². The highest BCUT2D eigenvalue weighted by molar-refractivity contribution is 6.74. The Labute approximate surface area is 235 Å². The Morgan fingerprint density at radius 2 is 1.84 bits per heavy atom. The van der Waals surface area contributed by atoms with Crippen molar-refractivity contribution in [3.63, 3.8) is 0 Å². The maximum Gasteiger partial charge on any atom is 0.303 e. The van der Waals surface area contributed by atoms with Gasteiger partial charge in [0.15, 0.2) is 8.32 Å². The summed E-state index contributed by atoms with van der Waals surface area (Å²) in [5.41, 5.74) is 3.14. The maximum atomic E-state index is 10.8. The number of aryl methyl sites for hydroxylation is 1. The van der Waals surface area contributed by atoms with Crippen LogP contribution in [0.15, 0.2) is 18.2 Å². The highest BCUT2D eigenvalue weighted by atomic mass is 28.4. The van der Waals surface area contributed by atoms with Gasteiger partial charge in [-0.25, -0.2) is 0 Å². The molecule has 0 aliphatic carbocycles. The van der Waals surface area contributed by atoms with E-state index in [2.05, 4.69) is 64.5 Å². The van der Waals surface area contributed by atoms with Crippen LogP contribution in [-0.2, 0) is 22.2 Å². The molecule has 0 radical (unpaired) electrons. The molecular formula is C31H56N2O4Si. The Hall–Kier alpha value is -1.70. The number of allylic oxidation sites excluding steroid dienone is 2. The van der Waals surface area contributed by atoms with Crippen molar-refractivity contribution in [2.45, 2.75) is 142 Å². The minimum Gasteiger partial charge on any atom is -0.481 e. The van der Waals surface area contributed by atoms with Gasteiger partial charge in [-0.05, 0) is 69.7 Å². The molecule has 6 nitrogen and oxygen atoms in total. The van der Waals surface area contributed by atoms with E-state index in [-0.39, 0.29) is 18.1 Å². The number of unbranched alkanes of at least 4 members (excludes halogenated alkanes) is 6. The molecule has 0 aliphatic heterocycles.